The van der Waals surface area contributed by atoms with Crippen molar-refractivity contribution in [3.63, 3.8) is 0 Å². The van der Waals surface area contributed by atoms with E-state index in [1.165, 1.54) is 42.6 Å². The van der Waals surface area contributed by atoms with Gasteiger partial charge in [0.15, 0.2) is 12.4 Å². The number of rotatable bonds is 7. The first-order valence-electron chi connectivity index (χ1n) is 7.40. The van der Waals surface area contributed by atoms with Crippen LogP contribution in [0.1, 0.15) is 21.5 Å². The van der Waals surface area contributed by atoms with E-state index in [9.17, 15) is 19.7 Å². The molecule has 134 valence electrons. The number of benzene rings is 2. The van der Waals surface area contributed by atoms with Crippen molar-refractivity contribution in [1.82, 2.24) is 5.43 Å². The lowest BCUT2D eigenvalue weighted by molar-refractivity contribution is -0.385. The minimum atomic E-state index is -1.04. The van der Waals surface area contributed by atoms with E-state index in [2.05, 4.69) is 10.5 Å². The molecule has 0 fully saturated rings. The number of aromatic carboxylic acids is 1. The molecule has 0 aromatic heterocycles. The van der Waals surface area contributed by atoms with Crippen molar-refractivity contribution >= 4 is 23.8 Å². The lowest BCUT2D eigenvalue weighted by Gasteiger charge is -2.06. The summed E-state index contributed by atoms with van der Waals surface area (Å²) < 4.78 is 5.17. The van der Waals surface area contributed by atoms with Gasteiger partial charge in [-0.1, -0.05) is 18.2 Å². The highest BCUT2D eigenvalue weighted by molar-refractivity contribution is 5.89. The number of nitro benzene ring substituents is 1. The number of carbonyl (C=O) groups excluding carboxylic acids is 1. The van der Waals surface area contributed by atoms with Gasteiger partial charge in [0.1, 0.15) is 0 Å². The molecule has 0 aliphatic rings. The summed E-state index contributed by atoms with van der Waals surface area (Å²) >= 11 is 0. The molecule has 2 rings (SSSR count). The number of hydrogen-bond donors (Lipinski definition) is 2. The first-order chi connectivity index (χ1) is 12.4. The van der Waals surface area contributed by atoms with Crippen LogP contribution in [-0.2, 0) is 4.79 Å². The summed E-state index contributed by atoms with van der Waals surface area (Å²) in [5.74, 6) is -1.65. The molecule has 0 unspecified atom stereocenters. The van der Waals surface area contributed by atoms with Gasteiger partial charge >= 0.3 is 11.7 Å². The highest BCUT2D eigenvalue weighted by Crippen LogP contribution is 2.27. The van der Waals surface area contributed by atoms with E-state index in [0.717, 1.165) is 0 Å². The lowest BCUT2D eigenvalue weighted by Crippen LogP contribution is -2.24. The van der Waals surface area contributed by atoms with Crippen LogP contribution in [0.2, 0.25) is 0 Å². The first-order valence-corrected chi connectivity index (χ1v) is 7.40. The Balaban J connectivity index is 1.89. The maximum Gasteiger partial charge on any atom is 0.335 e. The predicted octanol–water partition coefficient (Wildman–Crippen LogP) is 2.13. The molecule has 2 N–H and O–H groups in total. The number of carboxylic acids is 1. The molecule has 0 saturated heterocycles. The van der Waals surface area contributed by atoms with Crippen LogP contribution in [0.5, 0.6) is 5.75 Å². The average Bonchev–Trinajstić information content (AvgIpc) is 2.61. The van der Waals surface area contributed by atoms with E-state index in [1.807, 2.05) is 0 Å². The third-order valence-electron chi connectivity index (χ3n) is 3.23. The zero-order valence-electron chi connectivity index (χ0n) is 13.7. The molecule has 0 spiro atoms. The standard InChI is InChI=1S/C17H15N3O6/c1-11-2-7-15(14(8-11)20(24)25)26-10-16(21)19-18-9-12-3-5-13(6-4-12)17(22)23/h2-9H,10H2,1H3,(H,19,21)(H,22,23)/b18-9+. The Morgan fingerprint density at radius 3 is 2.58 bits per heavy atom. The van der Waals surface area contributed by atoms with Gasteiger partial charge < -0.3 is 9.84 Å². The van der Waals surface area contributed by atoms with Crippen LogP contribution in [0.15, 0.2) is 47.6 Å². The number of nitrogens with zero attached hydrogens (tertiary/aromatic N) is 2. The summed E-state index contributed by atoms with van der Waals surface area (Å²) in [7, 11) is 0. The summed E-state index contributed by atoms with van der Waals surface area (Å²) in [5.41, 5.74) is 3.42. The molecule has 9 heteroatoms. The quantitative estimate of drug-likeness (QED) is 0.443. The van der Waals surface area contributed by atoms with E-state index < -0.39 is 23.4 Å². The van der Waals surface area contributed by atoms with Gasteiger partial charge in [0.2, 0.25) is 0 Å². The van der Waals surface area contributed by atoms with Crippen LogP contribution in [-0.4, -0.2) is 34.7 Å². The second-order valence-corrected chi connectivity index (χ2v) is 5.24. The van der Waals surface area contributed by atoms with Crippen molar-refractivity contribution in [2.45, 2.75) is 6.92 Å². The smallest absolute Gasteiger partial charge is 0.335 e. The number of carboxylic acid groups (broad SMARTS) is 1. The summed E-state index contributed by atoms with van der Waals surface area (Å²) in [6, 6.07) is 10.3. The molecular weight excluding hydrogens is 342 g/mol. The third-order valence-corrected chi connectivity index (χ3v) is 3.23. The van der Waals surface area contributed by atoms with Crippen molar-refractivity contribution in [3.05, 3.63) is 69.3 Å². The van der Waals surface area contributed by atoms with Gasteiger partial charge in [0.05, 0.1) is 16.7 Å². The van der Waals surface area contributed by atoms with Crippen molar-refractivity contribution in [2.75, 3.05) is 6.61 Å². The van der Waals surface area contributed by atoms with Gasteiger partial charge in [0.25, 0.3) is 5.91 Å². The van der Waals surface area contributed by atoms with Crippen molar-refractivity contribution < 1.29 is 24.4 Å². The zero-order valence-corrected chi connectivity index (χ0v) is 13.7. The van der Waals surface area contributed by atoms with Gasteiger partial charge in [-0.25, -0.2) is 10.2 Å². The monoisotopic (exact) mass is 357 g/mol. The summed E-state index contributed by atoms with van der Waals surface area (Å²) in [5, 5.41) is 23.5. The summed E-state index contributed by atoms with van der Waals surface area (Å²) in [4.78, 5) is 32.8. The number of hydrazone groups is 1. The number of hydrogen-bond acceptors (Lipinski definition) is 6. The second-order valence-electron chi connectivity index (χ2n) is 5.24. The highest BCUT2D eigenvalue weighted by atomic mass is 16.6. The largest absolute Gasteiger partial charge is 0.478 e. The molecule has 0 aliphatic carbocycles. The van der Waals surface area contributed by atoms with E-state index in [0.29, 0.717) is 11.1 Å². The van der Waals surface area contributed by atoms with E-state index in [-0.39, 0.29) is 17.0 Å². The van der Waals surface area contributed by atoms with Crippen molar-refractivity contribution in [2.24, 2.45) is 5.10 Å². The first kappa shape index (κ1) is 18.6. The fourth-order valence-corrected chi connectivity index (χ4v) is 1.96. The molecule has 0 atom stereocenters. The molecule has 0 heterocycles. The Bertz CT molecular complexity index is 861. The second kappa shape index (κ2) is 8.38. The van der Waals surface area contributed by atoms with Gasteiger partial charge in [-0.15, -0.1) is 0 Å². The number of nitrogens with one attached hydrogen (secondary N) is 1. The normalized spacial score (nSPS) is 10.5. The summed E-state index contributed by atoms with van der Waals surface area (Å²) in [6.07, 6.45) is 1.33. The molecule has 0 aliphatic heterocycles. The number of amides is 1. The maximum atomic E-state index is 11.7. The molecule has 0 radical (unpaired) electrons. The van der Waals surface area contributed by atoms with E-state index in [4.69, 9.17) is 9.84 Å². The molecule has 9 nitrogen and oxygen atoms in total. The highest BCUT2D eigenvalue weighted by Gasteiger charge is 2.16. The van der Waals surface area contributed by atoms with Crippen LogP contribution in [0.25, 0.3) is 0 Å². The van der Waals surface area contributed by atoms with Crippen LogP contribution in [0, 0.1) is 17.0 Å². The molecule has 0 bridgehead atoms. The maximum absolute atomic E-state index is 11.7. The Hall–Kier alpha value is -3.75. The SMILES string of the molecule is Cc1ccc(OCC(=O)N/N=C/c2ccc(C(=O)O)cc2)c([N+](=O)[O-])c1. The molecule has 1 amide bonds. The third kappa shape index (κ3) is 5.13. The molecular formula is C17H15N3O6. The lowest BCUT2D eigenvalue weighted by atomic mass is 10.1. The Morgan fingerprint density at radius 2 is 1.96 bits per heavy atom. The average molecular weight is 357 g/mol. The van der Waals surface area contributed by atoms with Gasteiger partial charge in [-0.05, 0) is 36.2 Å². The minimum absolute atomic E-state index is 0.0102. The fourth-order valence-electron chi connectivity index (χ4n) is 1.96. The predicted molar refractivity (Wildman–Crippen MR) is 92.5 cm³/mol. The number of aryl methyl sites for hydroxylation is 1. The minimum Gasteiger partial charge on any atom is -0.478 e. The van der Waals surface area contributed by atoms with Crippen LogP contribution < -0.4 is 10.2 Å². The van der Waals surface area contributed by atoms with Gasteiger partial charge in [0, 0.05) is 6.07 Å². The van der Waals surface area contributed by atoms with Crippen LogP contribution in [0.4, 0.5) is 5.69 Å². The number of ether oxygens (including phenoxy) is 1. The van der Waals surface area contributed by atoms with E-state index in [1.54, 1.807) is 13.0 Å². The molecule has 2 aromatic carbocycles. The Kier molecular flexibility index (Phi) is 5.99. The molecule has 0 saturated carbocycles. The van der Waals surface area contributed by atoms with Crippen molar-refractivity contribution in [3.8, 4) is 5.75 Å². The van der Waals surface area contributed by atoms with Gasteiger partial charge in [-0.2, -0.15) is 5.10 Å². The fraction of sp³-hybridized carbons (Fsp3) is 0.118. The Morgan fingerprint density at radius 1 is 1.27 bits per heavy atom. The van der Waals surface area contributed by atoms with Crippen molar-refractivity contribution in [1.29, 1.82) is 0 Å². The molecule has 26 heavy (non-hydrogen) atoms. The number of nitro groups is 1. The Labute approximate surface area is 148 Å². The summed E-state index contributed by atoms with van der Waals surface area (Å²) in [6.45, 7) is 1.26. The topological polar surface area (TPSA) is 131 Å². The van der Waals surface area contributed by atoms with E-state index >= 15 is 0 Å². The van der Waals surface area contributed by atoms with Crippen LogP contribution >= 0.6 is 0 Å². The van der Waals surface area contributed by atoms with Crippen LogP contribution in [0.3, 0.4) is 0 Å². The number of carbonyl (C=O) groups is 2. The zero-order chi connectivity index (χ0) is 19.1. The van der Waals surface area contributed by atoms with Gasteiger partial charge in [-0.3, -0.25) is 14.9 Å². The molecule has 2 aromatic rings.